The molecule has 1 unspecified atom stereocenters. The number of aliphatic carboxylic acids is 1. The highest BCUT2D eigenvalue weighted by Crippen LogP contribution is 2.35. The second kappa shape index (κ2) is 14.7. The van der Waals surface area contributed by atoms with Gasteiger partial charge in [-0.3, -0.25) is 14.4 Å². The first-order chi connectivity index (χ1) is 23.7. The Morgan fingerprint density at radius 3 is 2.36 bits per heavy atom. The summed E-state index contributed by atoms with van der Waals surface area (Å²) in [6, 6.07) is 15.7. The Morgan fingerprint density at radius 2 is 1.70 bits per heavy atom. The molecule has 0 bridgehead atoms. The maximum absolute atomic E-state index is 13.6. The third kappa shape index (κ3) is 8.59. The normalized spacial score (nSPS) is 14.4. The number of carboxylic acid groups (broad SMARTS) is 1. The van der Waals surface area contributed by atoms with Gasteiger partial charge in [0.25, 0.3) is 5.91 Å². The molecule has 0 saturated carbocycles. The Morgan fingerprint density at radius 1 is 0.980 bits per heavy atom. The van der Waals surface area contributed by atoms with E-state index in [1.165, 1.54) is 43.5 Å². The van der Waals surface area contributed by atoms with E-state index in [1.807, 2.05) is 19.9 Å². The van der Waals surface area contributed by atoms with Gasteiger partial charge in [0.05, 0.1) is 24.7 Å². The zero-order valence-corrected chi connectivity index (χ0v) is 27.3. The molecule has 5 rings (SSSR count). The van der Waals surface area contributed by atoms with Gasteiger partial charge in [0, 0.05) is 29.6 Å². The van der Waals surface area contributed by atoms with Crippen LogP contribution in [0.25, 0.3) is 11.0 Å². The summed E-state index contributed by atoms with van der Waals surface area (Å²) in [6.45, 7) is 3.08. The number of amides is 2. The number of alkyl halides is 3. The SMILES string of the molecule is COc1ccc(CC(=O)Nc2ccc(C(=O)N(CC(=O)O)CC3=CC=C(OC(=O)c4ccc5oc(C)cc5c4)CC3C)cc2)c(C(F)(F)F)c1. The van der Waals surface area contributed by atoms with Gasteiger partial charge in [0.1, 0.15) is 29.4 Å². The van der Waals surface area contributed by atoms with Gasteiger partial charge >= 0.3 is 18.1 Å². The molecule has 1 aromatic heterocycles. The summed E-state index contributed by atoms with van der Waals surface area (Å²) in [5, 5.41) is 12.8. The van der Waals surface area contributed by atoms with Gasteiger partial charge in [-0.25, -0.2) is 4.79 Å². The quantitative estimate of drug-likeness (QED) is 0.158. The zero-order valence-electron chi connectivity index (χ0n) is 27.3. The number of nitrogens with one attached hydrogen (secondary N) is 1. The van der Waals surface area contributed by atoms with E-state index in [4.69, 9.17) is 13.9 Å². The molecule has 260 valence electrons. The van der Waals surface area contributed by atoms with Crippen molar-refractivity contribution in [3.8, 4) is 5.75 Å². The Balaban J connectivity index is 1.23. The van der Waals surface area contributed by atoms with Crippen molar-refractivity contribution in [2.24, 2.45) is 5.92 Å². The maximum Gasteiger partial charge on any atom is 0.416 e. The minimum Gasteiger partial charge on any atom is -0.497 e. The lowest BCUT2D eigenvalue weighted by Crippen LogP contribution is -2.38. The van der Waals surface area contributed by atoms with Crippen LogP contribution in [0.15, 0.2) is 94.6 Å². The van der Waals surface area contributed by atoms with E-state index in [9.17, 15) is 37.5 Å². The number of methoxy groups -OCH3 is 1. The molecule has 0 radical (unpaired) electrons. The molecule has 13 heteroatoms. The smallest absolute Gasteiger partial charge is 0.416 e. The molecule has 0 aliphatic heterocycles. The van der Waals surface area contributed by atoms with Crippen molar-refractivity contribution in [3.05, 3.63) is 118 Å². The summed E-state index contributed by atoms with van der Waals surface area (Å²) < 4.78 is 56.7. The maximum atomic E-state index is 13.6. The molecular weight excluding hydrogens is 657 g/mol. The number of benzene rings is 3. The largest absolute Gasteiger partial charge is 0.497 e. The van der Waals surface area contributed by atoms with E-state index < -0.39 is 48.5 Å². The number of nitrogens with zero attached hydrogens (tertiary/aromatic N) is 1. The van der Waals surface area contributed by atoms with Gasteiger partial charge in [-0.2, -0.15) is 13.2 Å². The number of ether oxygens (including phenoxy) is 2. The van der Waals surface area contributed by atoms with Crippen molar-refractivity contribution in [2.45, 2.75) is 32.9 Å². The highest BCUT2D eigenvalue weighted by molar-refractivity contribution is 5.98. The number of fused-ring (bicyclic) bond motifs is 1. The monoisotopic (exact) mass is 690 g/mol. The van der Waals surface area contributed by atoms with E-state index >= 15 is 0 Å². The number of esters is 1. The van der Waals surface area contributed by atoms with Crippen LogP contribution in [0.5, 0.6) is 5.75 Å². The third-order valence-corrected chi connectivity index (χ3v) is 8.10. The first-order valence-corrected chi connectivity index (χ1v) is 15.5. The fourth-order valence-corrected chi connectivity index (χ4v) is 5.57. The lowest BCUT2D eigenvalue weighted by molar-refractivity contribution is -0.139. The van der Waals surface area contributed by atoms with Gasteiger partial charge in [0.2, 0.25) is 5.91 Å². The second-order valence-corrected chi connectivity index (χ2v) is 11.9. The number of halogens is 3. The van der Waals surface area contributed by atoms with Gasteiger partial charge in [-0.15, -0.1) is 0 Å². The van der Waals surface area contributed by atoms with Crippen molar-refractivity contribution in [1.29, 1.82) is 0 Å². The van der Waals surface area contributed by atoms with Crippen LogP contribution in [0, 0.1) is 12.8 Å². The number of anilines is 1. The van der Waals surface area contributed by atoms with Gasteiger partial charge < -0.3 is 29.2 Å². The summed E-state index contributed by atoms with van der Waals surface area (Å²) >= 11 is 0. The lowest BCUT2D eigenvalue weighted by atomic mass is 9.91. The predicted octanol–water partition coefficient (Wildman–Crippen LogP) is 7.18. The molecule has 50 heavy (non-hydrogen) atoms. The number of carbonyl (C=O) groups is 4. The molecule has 2 N–H and O–H groups in total. The van der Waals surface area contributed by atoms with Crippen molar-refractivity contribution in [2.75, 3.05) is 25.5 Å². The highest BCUT2D eigenvalue weighted by Gasteiger charge is 2.34. The number of allylic oxidation sites excluding steroid dienone is 3. The molecule has 1 aliphatic rings. The molecule has 0 fully saturated rings. The number of carbonyl (C=O) groups excluding carboxylic acids is 3. The lowest BCUT2D eigenvalue weighted by Gasteiger charge is -2.27. The number of hydrogen-bond acceptors (Lipinski definition) is 7. The van der Waals surface area contributed by atoms with Crippen molar-refractivity contribution in [3.63, 3.8) is 0 Å². The number of furan rings is 1. The standard InChI is InChI=1S/C37H33F3N2O8/c1-21-14-30(50-36(47)25-8-13-32-27(16-25)15-22(2)49-32)12-7-26(21)19-42(20-34(44)45)35(46)23-4-9-28(10-5-23)41-33(43)17-24-6-11-29(48-3)18-31(24)37(38,39)40/h4-13,15-16,18,21H,14,17,19-20H2,1-3H3,(H,41,43)(H,44,45). The number of rotatable bonds is 11. The summed E-state index contributed by atoms with van der Waals surface area (Å²) in [5.41, 5.74) is 0.910. The summed E-state index contributed by atoms with van der Waals surface area (Å²) in [7, 11) is 1.24. The van der Waals surface area contributed by atoms with Crippen molar-refractivity contribution < 1.29 is 51.3 Å². The Kier molecular flexibility index (Phi) is 10.4. The third-order valence-electron chi connectivity index (χ3n) is 8.10. The first kappa shape index (κ1) is 35.5. The minimum atomic E-state index is -4.69. The number of hydrogen-bond donors (Lipinski definition) is 2. The summed E-state index contributed by atoms with van der Waals surface area (Å²) in [5.74, 6) is -2.09. The van der Waals surface area contributed by atoms with Crippen LogP contribution in [0.3, 0.4) is 0 Å². The van der Waals surface area contributed by atoms with Crippen LogP contribution in [-0.4, -0.2) is 54.0 Å². The molecule has 1 aliphatic carbocycles. The van der Waals surface area contributed by atoms with Crippen LogP contribution >= 0.6 is 0 Å². The number of carboxylic acids is 1. The van der Waals surface area contributed by atoms with Crippen LogP contribution in [0.4, 0.5) is 18.9 Å². The minimum absolute atomic E-state index is 0.00505. The first-order valence-electron chi connectivity index (χ1n) is 15.5. The van der Waals surface area contributed by atoms with E-state index in [0.717, 1.165) is 27.7 Å². The Bertz CT molecular complexity index is 2010. The fraction of sp³-hybridized carbons (Fsp3) is 0.243. The Hall–Kier alpha value is -5.85. The van der Waals surface area contributed by atoms with Gasteiger partial charge in [-0.1, -0.05) is 19.1 Å². The van der Waals surface area contributed by atoms with E-state index in [-0.39, 0.29) is 35.0 Å². The molecule has 3 aromatic carbocycles. The van der Waals surface area contributed by atoms with Crippen LogP contribution < -0.4 is 10.1 Å². The molecule has 0 saturated heterocycles. The predicted molar refractivity (Wildman–Crippen MR) is 177 cm³/mol. The molecular formula is C37H33F3N2O8. The summed E-state index contributed by atoms with van der Waals surface area (Å²) in [4.78, 5) is 51.7. The average molecular weight is 691 g/mol. The van der Waals surface area contributed by atoms with Crippen molar-refractivity contribution in [1.82, 2.24) is 4.90 Å². The molecule has 2 amide bonds. The van der Waals surface area contributed by atoms with Gasteiger partial charge in [-0.05, 0) is 90.7 Å². The van der Waals surface area contributed by atoms with Crippen LogP contribution in [-0.2, 0) is 26.9 Å². The van der Waals surface area contributed by atoms with E-state index in [1.54, 1.807) is 30.4 Å². The molecule has 4 aromatic rings. The molecule has 0 spiro atoms. The summed E-state index contributed by atoms with van der Waals surface area (Å²) in [6.07, 6.45) is -1.59. The second-order valence-electron chi connectivity index (χ2n) is 11.9. The fourth-order valence-electron chi connectivity index (χ4n) is 5.57. The average Bonchev–Trinajstić information content (AvgIpc) is 3.44. The van der Waals surface area contributed by atoms with Gasteiger partial charge in [0.15, 0.2) is 0 Å². The van der Waals surface area contributed by atoms with Crippen molar-refractivity contribution >= 4 is 40.4 Å². The zero-order chi connectivity index (χ0) is 36.2. The molecule has 1 heterocycles. The topological polar surface area (TPSA) is 135 Å². The number of aryl methyl sites for hydroxylation is 1. The van der Waals surface area contributed by atoms with Crippen LogP contribution in [0.1, 0.15) is 50.9 Å². The van der Waals surface area contributed by atoms with Crippen LogP contribution in [0.2, 0.25) is 0 Å². The van der Waals surface area contributed by atoms with E-state index in [0.29, 0.717) is 23.3 Å². The van der Waals surface area contributed by atoms with E-state index in [2.05, 4.69) is 5.32 Å². The molecule has 10 nitrogen and oxygen atoms in total. The Labute approximate surface area is 284 Å². The molecule has 1 atom stereocenters. The highest BCUT2D eigenvalue weighted by atomic mass is 19.4.